The Labute approximate surface area is 319 Å². The lowest BCUT2D eigenvalue weighted by atomic mass is 9.94. The third-order valence-corrected chi connectivity index (χ3v) is 12.2. The molecule has 0 radical (unpaired) electrons. The SMILES string of the molecule is C1=CCC2Oc3cc4cc(-c5ccc(-c6nc(-c7cccc8oc9ccccc9c78)nc(-c7cccc8sc9ccccc9c78)n6)cc5)ccc4cc3C2=C1. The summed E-state index contributed by atoms with van der Waals surface area (Å²) < 4.78 is 15.1. The lowest BCUT2D eigenvalue weighted by Gasteiger charge is -2.12. The number of aromatic nitrogens is 3. The van der Waals surface area contributed by atoms with Gasteiger partial charge in [0.1, 0.15) is 23.0 Å². The number of hydrogen-bond donors (Lipinski definition) is 0. The summed E-state index contributed by atoms with van der Waals surface area (Å²) in [5.74, 6) is 2.82. The first-order chi connectivity index (χ1) is 27.2. The second kappa shape index (κ2) is 11.8. The summed E-state index contributed by atoms with van der Waals surface area (Å²) in [5.41, 5.74) is 9.18. The van der Waals surface area contributed by atoms with E-state index in [1.54, 1.807) is 11.3 Å². The highest BCUT2D eigenvalue weighted by molar-refractivity contribution is 7.25. The minimum atomic E-state index is 0.115. The van der Waals surface area contributed by atoms with Crippen LogP contribution in [-0.2, 0) is 0 Å². The molecule has 258 valence electrons. The Morgan fingerprint density at radius 3 is 2.13 bits per heavy atom. The van der Waals surface area contributed by atoms with Crippen LogP contribution in [0.15, 0.2) is 162 Å². The van der Waals surface area contributed by atoms with Crippen LogP contribution >= 0.6 is 11.3 Å². The van der Waals surface area contributed by atoms with E-state index < -0.39 is 0 Å². The summed E-state index contributed by atoms with van der Waals surface area (Å²) in [6, 6.07) is 48.9. The zero-order valence-electron chi connectivity index (χ0n) is 29.4. The second-order valence-electron chi connectivity index (χ2n) is 14.2. The molecule has 0 amide bonds. The van der Waals surface area contributed by atoms with Crippen molar-refractivity contribution in [3.8, 4) is 51.0 Å². The van der Waals surface area contributed by atoms with E-state index in [1.165, 1.54) is 31.3 Å². The topological polar surface area (TPSA) is 61.0 Å². The monoisotopic (exact) mass is 723 g/mol. The van der Waals surface area contributed by atoms with Crippen molar-refractivity contribution in [1.29, 1.82) is 0 Å². The first-order valence-electron chi connectivity index (χ1n) is 18.5. The van der Waals surface area contributed by atoms with E-state index in [9.17, 15) is 0 Å². The maximum atomic E-state index is 6.35. The van der Waals surface area contributed by atoms with E-state index in [0.717, 1.165) is 72.7 Å². The Kier molecular flexibility index (Phi) is 6.56. The average Bonchev–Trinajstić information content (AvgIpc) is 3.93. The predicted molar refractivity (Wildman–Crippen MR) is 225 cm³/mol. The highest BCUT2D eigenvalue weighted by Crippen LogP contribution is 2.44. The van der Waals surface area contributed by atoms with Crippen LogP contribution in [-0.4, -0.2) is 21.1 Å². The van der Waals surface area contributed by atoms with Gasteiger partial charge >= 0.3 is 0 Å². The van der Waals surface area contributed by atoms with Crippen molar-refractivity contribution in [3.63, 3.8) is 0 Å². The Bertz CT molecular complexity index is 3150. The van der Waals surface area contributed by atoms with Gasteiger partial charge in [0.05, 0.1) is 0 Å². The number of allylic oxidation sites excluding steroid dienone is 2. The van der Waals surface area contributed by atoms with Gasteiger partial charge in [0, 0.05) is 65.2 Å². The summed E-state index contributed by atoms with van der Waals surface area (Å²) in [6.45, 7) is 0. The van der Waals surface area contributed by atoms with Gasteiger partial charge in [-0.25, -0.2) is 15.0 Å². The molecule has 7 aromatic carbocycles. The quantitative estimate of drug-likeness (QED) is 0.181. The number of fused-ring (bicyclic) bond motifs is 10. The van der Waals surface area contributed by atoms with Gasteiger partial charge in [-0.3, -0.25) is 0 Å². The summed E-state index contributed by atoms with van der Waals surface area (Å²) in [6.07, 6.45) is 7.52. The zero-order chi connectivity index (χ0) is 36.0. The van der Waals surface area contributed by atoms with Crippen molar-refractivity contribution in [1.82, 2.24) is 15.0 Å². The van der Waals surface area contributed by atoms with Crippen LogP contribution in [0.2, 0.25) is 0 Å². The number of ether oxygens (including phenoxy) is 1. The largest absolute Gasteiger partial charge is 0.485 e. The predicted octanol–water partition coefficient (Wildman–Crippen LogP) is 13.1. The third-order valence-electron chi connectivity index (χ3n) is 11.0. The van der Waals surface area contributed by atoms with Crippen molar-refractivity contribution in [2.45, 2.75) is 12.5 Å². The third kappa shape index (κ3) is 4.81. The number of hydrogen-bond acceptors (Lipinski definition) is 6. The maximum absolute atomic E-state index is 6.35. The first kappa shape index (κ1) is 30.6. The summed E-state index contributed by atoms with van der Waals surface area (Å²) in [7, 11) is 0. The molecule has 5 nitrogen and oxygen atoms in total. The molecule has 0 saturated carbocycles. The van der Waals surface area contributed by atoms with Gasteiger partial charge in [0.2, 0.25) is 0 Å². The van der Waals surface area contributed by atoms with Gasteiger partial charge in [-0.15, -0.1) is 11.3 Å². The molecule has 0 spiro atoms. The molecule has 0 bridgehead atoms. The summed E-state index contributed by atoms with van der Waals surface area (Å²) >= 11 is 1.79. The van der Waals surface area contributed by atoms with E-state index in [1.807, 2.05) is 30.3 Å². The van der Waals surface area contributed by atoms with Gasteiger partial charge in [-0.2, -0.15) is 0 Å². The summed E-state index contributed by atoms with van der Waals surface area (Å²) in [5, 5.41) is 6.76. The minimum Gasteiger partial charge on any atom is -0.485 e. The van der Waals surface area contributed by atoms with Gasteiger partial charge in [-0.1, -0.05) is 115 Å². The van der Waals surface area contributed by atoms with Gasteiger partial charge in [-0.05, 0) is 64.4 Å². The first-order valence-corrected chi connectivity index (χ1v) is 19.3. The summed E-state index contributed by atoms with van der Waals surface area (Å²) in [4.78, 5) is 15.6. The van der Waals surface area contributed by atoms with Crippen LogP contribution in [0.5, 0.6) is 5.75 Å². The molecule has 0 fully saturated rings. The standard InChI is InChI=1S/C49H29N3O2S/c1-4-14-39-33(9-1)38-26-31-24-23-30(25-32(31)27-42(38)54-39)28-19-21-29(22-20-28)47-50-48(36-12-7-16-41-45(36)34-10-2-5-15-40(34)53-41)52-49(51-47)37-13-8-18-44-46(37)35-11-3-6-17-43(35)55-44/h1-13,15-27,39H,14H2. The number of thiophene rings is 1. The average molecular weight is 724 g/mol. The second-order valence-corrected chi connectivity index (χ2v) is 15.3. The van der Waals surface area contributed by atoms with Crippen molar-refractivity contribution in [2.24, 2.45) is 0 Å². The number of nitrogens with zero attached hydrogens (tertiary/aromatic N) is 3. The number of furan rings is 1. The van der Waals surface area contributed by atoms with Crippen LogP contribution < -0.4 is 4.74 Å². The molecule has 0 N–H and O–H groups in total. The molecule has 1 atom stereocenters. The molecular weight excluding hydrogens is 695 g/mol. The fourth-order valence-electron chi connectivity index (χ4n) is 8.40. The van der Waals surface area contributed by atoms with E-state index in [2.05, 4.69) is 127 Å². The van der Waals surface area contributed by atoms with Crippen LogP contribution in [0.4, 0.5) is 0 Å². The molecule has 4 heterocycles. The van der Waals surface area contributed by atoms with E-state index >= 15 is 0 Å². The highest BCUT2D eigenvalue weighted by atomic mass is 32.1. The van der Waals surface area contributed by atoms with Crippen LogP contribution in [0.3, 0.4) is 0 Å². The Morgan fingerprint density at radius 1 is 0.527 bits per heavy atom. The van der Waals surface area contributed by atoms with Crippen LogP contribution in [0, 0.1) is 0 Å². The molecule has 0 saturated heterocycles. The van der Waals surface area contributed by atoms with E-state index in [4.69, 9.17) is 24.1 Å². The highest BCUT2D eigenvalue weighted by Gasteiger charge is 2.29. The van der Waals surface area contributed by atoms with Crippen molar-refractivity contribution in [2.75, 3.05) is 0 Å². The smallest absolute Gasteiger partial charge is 0.164 e. The molecule has 1 aliphatic carbocycles. The fourth-order valence-corrected chi connectivity index (χ4v) is 9.53. The minimum absolute atomic E-state index is 0.115. The molecular formula is C49H29N3O2S. The van der Waals surface area contributed by atoms with Gasteiger partial charge in [0.15, 0.2) is 17.5 Å². The van der Waals surface area contributed by atoms with Gasteiger partial charge in [0.25, 0.3) is 0 Å². The lowest BCUT2D eigenvalue weighted by molar-refractivity contribution is 0.279. The Hall–Kier alpha value is -6.89. The Morgan fingerprint density at radius 2 is 1.24 bits per heavy atom. The van der Waals surface area contributed by atoms with E-state index in [-0.39, 0.29) is 6.10 Å². The fraction of sp³-hybridized carbons (Fsp3) is 0.0408. The van der Waals surface area contributed by atoms with E-state index in [0.29, 0.717) is 17.5 Å². The molecule has 12 rings (SSSR count). The molecule has 3 aromatic heterocycles. The molecule has 6 heteroatoms. The zero-order valence-corrected chi connectivity index (χ0v) is 30.2. The molecule has 2 aliphatic rings. The maximum Gasteiger partial charge on any atom is 0.164 e. The van der Waals surface area contributed by atoms with Gasteiger partial charge < -0.3 is 9.15 Å². The Balaban J connectivity index is 1.000. The van der Waals surface area contributed by atoms with Crippen molar-refractivity contribution < 1.29 is 9.15 Å². The molecule has 55 heavy (non-hydrogen) atoms. The number of benzene rings is 7. The van der Waals surface area contributed by atoms with Crippen molar-refractivity contribution >= 4 is 69.8 Å². The van der Waals surface area contributed by atoms with Crippen LogP contribution in [0.25, 0.3) is 104 Å². The van der Waals surface area contributed by atoms with Crippen molar-refractivity contribution in [3.05, 3.63) is 163 Å². The number of rotatable bonds is 4. The molecule has 10 aromatic rings. The molecule has 1 unspecified atom stereocenters. The van der Waals surface area contributed by atoms with Crippen LogP contribution in [0.1, 0.15) is 12.0 Å². The lowest BCUT2D eigenvalue weighted by Crippen LogP contribution is -2.11. The number of para-hydroxylation sites is 1. The molecule has 1 aliphatic heterocycles. The normalized spacial score (nSPS) is 14.8.